The largest absolute Gasteiger partial charge is 0.481 e. The molecule has 3 aliphatic rings. The fourth-order valence-corrected chi connectivity index (χ4v) is 3.40. The van der Waals surface area contributed by atoms with E-state index in [9.17, 15) is 14.3 Å². The summed E-state index contributed by atoms with van der Waals surface area (Å²) in [5.74, 6) is -0.992. The highest BCUT2D eigenvalue weighted by atomic mass is 19.1. The minimum atomic E-state index is -0.696. The SMILES string of the molecule is O=C(O)C1CC2CCC1CN2c1ccccc1F. The number of hydrogen-bond acceptors (Lipinski definition) is 2. The number of para-hydroxylation sites is 1. The minimum Gasteiger partial charge on any atom is -0.481 e. The molecule has 2 saturated heterocycles. The summed E-state index contributed by atoms with van der Waals surface area (Å²) in [4.78, 5) is 13.2. The van der Waals surface area contributed by atoms with Crippen molar-refractivity contribution in [3.63, 3.8) is 0 Å². The van der Waals surface area contributed by atoms with Crippen molar-refractivity contribution < 1.29 is 14.3 Å². The van der Waals surface area contributed by atoms with Crippen LogP contribution in [0.25, 0.3) is 0 Å². The normalized spacial score (nSPS) is 30.5. The highest BCUT2D eigenvalue weighted by molar-refractivity contribution is 5.71. The van der Waals surface area contributed by atoms with Crippen LogP contribution in [-0.4, -0.2) is 23.7 Å². The zero-order valence-corrected chi connectivity index (χ0v) is 10.1. The van der Waals surface area contributed by atoms with Gasteiger partial charge >= 0.3 is 5.97 Å². The fraction of sp³-hybridized carbons (Fsp3) is 0.500. The van der Waals surface area contributed by atoms with Gasteiger partial charge in [-0.3, -0.25) is 4.79 Å². The molecule has 3 atom stereocenters. The van der Waals surface area contributed by atoms with Gasteiger partial charge in [0.15, 0.2) is 0 Å². The third-order valence-corrected chi connectivity index (χ3v) is 4.32. The summed E-state index contributed by atoms with van der Waals surface area (Å²) < 4.78 is 13.8. The van der Waals surface area contributed by atoms with Crippen molar-refractivity contribution in [2.24, 2.45) is 11.8 Å². The van der Waals surface area contributed by atoms with Gasteiger partial charge in [-0.05, 0) is 37.3 Å². The number of carboxylic acid groups (broad SMARTS) is 1. The maximum absolute atomic E-state index is 13.8. The molecule has 1 aliphatic carbocycles. The minimum absolute atomic E-state index is 0.159. The molecule has 3 fully saturated rings. The first-order valence-corrected chi connectivity index (χ1v) is 6.41. The van der Waals surface area contributed by atoms with E-state index in [2.05, 4.69) is 4.90 Å². The summed E-state index contributed by atoms with van der Waals surface area (Å²) in [5, 5.41) is 9.18. The van der Waals surface area contributed by atoms with Crippen molar-refractivity contribution in [1.82, 2.24) is 0 Å². The van der Waals surface area contributed by atoms with Gasteiger partial charge in [-0.1, -0.05) is 12.1 Å². The molecule has 4 rings (SSSR count). The van der Waals surface area contributed by atoms with Gasteiger partial charge in [0, 0.05) is 12.6 Å². The number of fused-ring (bicyclic) bond motifs is 3. The Balaban J connectivity index is 1.86. The molecule has 2 heterocycles. The lowest BCUT2D eigenvalue weighted by molar-refractivity contribution is -0.145. The molecule has 2 aliphatic heterocycles. The van der Waals surface area contributed by atoms with Crippen LogP contribution in [0.3, 0.4) is 0 Å². The third-order valence-electron chi connectivity index (χ3n) is 4.32. The molecule has 1 saturated carbocycles. The number of carbonyl (C=O) groups is 1. The summed E-state index contributed by atoms with van der Waals surface area (Å²) in [6.07, 6.45) is 2.57. The van der Waals surface area contributed by atoms with Crippen LogP contribution in [0.1, 0.15) is 19.3 Å². The zero-order chi connectivity index (χ0) is 12.7. The molecule has 3 nitrogen and oxygen atoms in total. The van der Waals surface area contributed by atoms with E-state index in [1.165, 1.54) is 6.07 Å². The Morgan fingerprint density at radius 1 is 1.33 bits per heavy atom. The topological polar surface area (TPSA) is 40.5 Å². The molecule has 2 bridgehead atoms. The number of nitrogens with zero attached hydrogens (tertiary/aromatic N) is 1. The third kappa shape index (κ3) is 1.76. The van der Waals surface area contributed by atoms with Gasteiger partial charge in [0.1, 0.15) is 5.82 Å². The van der Waals surface area contributed by atoms with Crippen molar-refractivity contribution in [3.8, 4) is 0 Å². The Morgan fingerprint density at radius 2 is 2.11 bits per heavy atom. The molecule has 96 valence electrons. The van der Waals surface area contributed by atoms with Gasteiger partial charge in [-0.2, -0.15) is 0 Å². The first-order chi connectivity index (χ1) is 8.66. The smallest absolute Gasteiger partial charge is 0.306 e. The van der Waals surface area contributed by atoms with Crippen molar-refractivity contribution in [2.45, 2.75) is 25.3 Å². The molecule has 3 unspecified atom stereocenters. The molecule has 18 heavy (non-hydrogen) atoms. The molecular weight excluding hydrogens is 233 g/mol. The van der Waals surface area contributed by atoms with Gasteiger partial charge in [0.2, 0.25) is 0 Å². The highest BCUT2D eigenvalue weighted by Crippen LogP contribution is 2.42. The van der Waals surface area contributed by atoms with Gasteiger partial charge in [-0.25, -0.2) is 4.39 Å². The lowest BCUT2D eigenvalue weighted by Crippen LogP contribution is -2.54. The Labute approximate surface area is 105 Å². The Morgan fingerprint density at radius 3 is 2.72 bits per heavy atom. The number of benzene rings is 1. The average molecular weight is 249 g/mol. The van der Waals surface area contributed by atoms with Crippen LogP contribution >= 0.6 is 0 Å². The molecule has 1 aromatic carbocycles. The highest BCUT2D eigenvalue weighted by Gasteiger charge is 2.44. The first-order valence-electron chi connectivity index (χ1n) is 6.41. The van der Waals surface area contributed by atoms with Crippen LogP contribution in [0, 0.1) is 17.7 Å². The molecule has 0 amide bonds. The van der Waals surface area contributed by atoms with Gasteiger partial charge in [0.25, 0.3) is 0 Å². The molecule has 0 aromatic heterocycles. The van der Waals surface area contributed by atoms with Crippen LogP contribution < -0.4 is 4.90 Å². The first kappa shape index (κ1) is 11.5. The number of rotatable bonds is 2. The number of hydrogen-bond donors (Lipinski definition) is 1. The monoisotopic (exact) mass is 249 g/mol. The van der Waals surface area contributed by atoms with Gasteiger partial charge in [-0.15, -0.1) is 0 Å². The Kier molecular flexibility index (Phi) is 2.73. The zero-order valence-electron chi connectivity index (χ0n) is 10.1. The van der Waals surface area contributed by atoms with E-state index in [0.29, 0.717) is 18.7 Å². The van der Waals surface area contributed by atoms with Crippen LogP contribution in [0.2, 0.25) is 0 Å². The number of anilines is 1. The summed E-state index contributed by atoms with van der Waals surface area (Å²) >= 11 is 0. The summed E-state index contributed by atoms with van der Waals surface area (Å²) in [7, 11) is 0. The maximum Gasteiger partial charge on any atom is 0.306 e. The van der Waals surface area contributed by atoms with Crippen LogP contribution in [0.5, 0.6) is 0 Å². The summed E-state index contributed by atoms with van der Waals surface area (Å²) in [6.45, 7) is 0.669. The molecule has 1 N–H and O–H groups in total. The van der Waals surface area contributed by atoms with Gasteiger partial charge in [0.05, 0.1) is 11.6 Å². The van der Waals surface area contributed by atoms with Crippen LogP contribution in [0.4, 0.5) is 10.1 Å². The van der Waals surface area contributed by atoms with Crippen molar-refractivity contribution in [1.29, 1.82) is 0 Å². The number of piperidine rings is 2. The number of halogens is 1. The Bertz CT molecular complexity index is 477. The fourth-order valence-electron chi connectivity index (χ4n) is 3.40. The Hall–Kier alpha value is -1.58. The van der Waals surface area contributed by atoms with Crippen molar-refractivity contribution in [3.05, 3.63) is 30.1 Å². The molecule has 1 aromatic rings. The molecule has 0 radical (unpaired) electrons. The standard InChI is InChI=1S/C14H16FNO2/c15-12-3-1-2-4-13(12)16-8-9-5-6-10(16)7-11(9)14(17)18/h1-4,9-11H,5-8H2,(H,17,18). The predicted octanol–water partition coefficient (Wildman–Crippen LogP) is 2.52. The van der Waals surface area contributed by atoms with Gasteiger partial charge < -0.3 is 10.0 Å². The number of aliphatic carboxylic acids is 1. The molecular formula is C14H16FNO2. The van der Waals surface area contributed by atoms with Crippen LogP contribution in [0.15, 0.2) is 24.3 Å². The van der Waals surface area contributed by atoms with E-state index >= 15 is 0 Å². The average Bonchev–Trinajstić information content (AvgIpc) is 2.39. The second-order valence-electron chi connectivity index (χ2n) is 5.28. The lowest BCUT2D eigenvalue weighted by atomic mass is 9.72. The number of carboxylic acids is 1. The van der Waals surface area contributed by atoms with Crippen LogP contribution in [-0.2, 0) is 4.79 Å². The lowest BCUT2D eigenvalue weighted by Gasteiger charge is -2.49. The van der Waals surface area contributed by atoms with E-state index in [4.69, 9.17) is 0 Å². The predicted molar refractivity (Wildman–Crippen MR) is 66.0 cm³/mol. The molecule has 0 spiro atoms. The van der Waals surface area contributed by atoms with Crippen molar-refractivity contribution >= 4 is 11.7 Å². The second kappa shape index (κ2) is 4.26. The summed E-state index contributed by atoms with van der Waals surface area (Å²) in [6, 6.07) is 6.93. The van der Waals surface area contributed by atoms with Crippen molar-refractivity contribution in [2.75, 3.05) is 11.4 Å². The van der Waals surface area contributed by atoms with E-state index in [1.54, 1.807) is 12.1 Å². The van der Waals surface area contributed by atoms with E-state index in [-0.39, 0.29) is 23.7 Å². The maximum atomic E-state index is 13.8. The molecule has 4 heteroatoms. The summed E-state index contributed by atoms with van der Waals surface area (Å²) in [5.41, 5.74) is 0.621. The van der Waals surface area contributed by atoms with E-state index < -0.39 is 5.97 Å². The van der Waals surface area contributed by atoms with E-state index in [1.807, 2.05) is 6.07 Å². The quantitative estimate of drug-likeness (QED) is 0.875. The van der Waals surface area contributed by atoms with E-state index in [0.717, 1.165) is 12.8 Å². The second-order valence-corrected chi connectivity index (χ2v) is 5.28.